The van der Waals surface area contributed by atoms with Crippen LogP contribution in [0.25, 0.3) is 61.8 Å². The Morgan fingerprint density at radius 3 is 1.74 bits per heavy atom. The van der Waals surface area contributed by atoms with E-state index in [4.69, 9.17) is 15.0 Å². The summed E-state index contributed by atoms with van der Waals surface area (Å²) in [6, 6.07) is 60.2. The second-order valence-electron chi connectivity index (χ2n) is 17.4. The number of aromatic nitrogens is 3. The Bertz CT molecular complexity index is 3330. The number of rotatable bonds is 14. The van der Waals surface area contributed by atoms with E-state index in [2.05, 4.69) is 234 Å². The molecule has 0 unspecified atom stereocenters. The summed E-state index contributed by atoms with van der Waals surface area (Å²) in [6.45, 7) is 10.8. The van der Waals surface area contributed by atoms with Gasteiger partial charge in [-0.3, -0.25) is 0 Å². The highest BCUT2D eigenvalue weighted by Gasteiger charge is 2.24. The van der Waals surface area contributed by atoms with Gasteiger partial charge in [-0.05, 0) is 130 Å². The van der Waals surface area contributed by atoms with E-state index in [-0.39, 0.29) is 0 Å². The second kappa shape index (κ2) is 22.5. The Morgan fingerprint density at radius 2 is 1.09 bits per heavy atom. The van der Waals surface area contributed by atoms with Crippen LogP contribution in [-0.4, -0.2) is 15.0 Å². The van der Waals surface area contributed by atoms with Crippen molar-refractivity contribution in [3.05, 3.63) is 300 Å². The molecule has 340 valence electrons. The molecule has 3 heteroatoms. The third-order valence-electron chi connectivity index (χ3n) is 12.7. The van der Waals surface area contributed by atoms with E-state index in [1.165, 1.54) is 33.4 Å². The van der Waals surface area contributed by atoms with Crippen molar-refractivity contribution in [2.45, 2.75) is 40.0 Å². The summed E-state index contributed by atoms with van der Waals surface area (Å²) in [5.41, 5.74) is 18.9. The summed E-state index contributed by atoms with van der Waals surface area (Å²) in [4.78, 5) is 15.0. The summed E-state index contributed by atoms with van der Waals surface area (Å²) in [6.07, 6.45) is 29.0. The molecule has 2 aliphatic carbocycles. The maximum Gasteiger partial charge on any atom is 0.164 e. The zero-order valence-electron chi connectivity index (χ0n) is 40.3. The van der Waals surface area contributed by atoms with Gasteiger partial charge in [0.25, 0.3) is 0 Å². The lowest BCUT2D eigenvalue weighted by atomic mass is 9.78. The Labute approximate surface area is 414 Å². The summed E-state index contributed by atoms with van der Waals surface area (Å²) >= 11 is 0. The number of nitrogens with zero attached hydrogens (tertiary/aromatic N) is 3. The van der Waals surface area contributed by atoms with Crippen LogP contribution in [-0.2, 0) is 0 Å². The molecule has 9 rings (SSSR count). The molecule has 2 aliphatic rings. The van der Waals surface area contributed by atoms with Gasteiger partial charge >= 0.3 is 0 Å². The first-order valence-corrected chi connectivity index (χ1v) is 24.2. The van der Waals surface area contributed by atoms with Gasteiger partial charge in [0.1, 0.15) is 0 Å². The molecule has 0 fully saturated rings. The van der Waals surface area contributed by atoms with Crippen molar-refractivity contribution in [1.29, 1.82) is 0 Å². The molecular weight excluding hydrogens is 847 g/mol. The van der Waals surface area contributed by atoms with Gasteiger partial charge in [0.15, 0.2) is 17.5 Å². The van der Waals surface area contributed by atoms with Crippen LogP contribution >= 0.6 is 0 Å². The molecular formula is C67H57N3. The number of hydrogen-bond donors (Lipinski definition) is 0. The SMILES string of the molecule is C=C/C=C(\C=C(/C)c1cccc(/C(C)=C(/C(=C(\C(=C/C)C2=CC=CCC=C2)c2ccccc2)c2ccccc2)c2ccccc2)c1)c1cccc(-c2nc(C3=CCCC=C3)nc(-c3ccccc3)n2)c1. The van der Waals surface area contributed by atoms with Crippen LogP contribution < -0.4 is 0 Å². The van der Waals surface area contributed by atoms with Crippen LogP contribution in [0.1, 0.15) is 79.2 Å². The lowest BCUT2D eigenvalue weighted by Gasteiger charge is -2.25. The molecule has 0 bridgehead atoms. The molecule has 0 radical (unpaired) electrons. The third kappa shape index (κ3) is 10.8. The molecule has 0 aliphatic heterocycles. The molecule has 0 saturated carbocycles. The molecule has 0 amide bonds. The highest BCUT2D eigenvalue weighted by molar-refractivity contribution is 6.24. The van der Waals surface area contributed by atoms with E-state index in [1.54, 1.807) is 0 Å². The van der Waals surface area contributed by atoms with Crippen LogP contribution in [0.15, 0.2) is 260 Å². The van der Waals surface area contributed by atoms with Gasteiger partial charge in [0, 0.05) is 16.7 Å². The molecule has 7 aromatic rings. The molecule has 0 spiro atoms. The largest absolute Gasteiger partial charge is 0.208 e. The van der Waals surface area contributed by atoms with E-state index in [0.29, 0.717) is 17.5 Å². The van der Waals surface area contributed by atoms with Gasteiger partial charge < -0.3 is 0 Å². The average Bonchev–Trinajstić information content (AvgIpc) is 3.72. The van der Waals surface area contributed by atoms with Crippen molar-refractivity contribution in [1.82, 2.24) is 15.0 Å². The number of benzene rings is 6. The maximum atomic E-state index is 5.06. The van der Waals surface area contributed by atoms with E-state index < -0.39 is 0 Å². The van der Waals surface area contributed by atoms with E-state index >= 15 is 0 Å². The van der Waals surface area contributed by atoms with Crippen molar-refractivity contribution < 1.29 is 0 Å². The van der Waals surface area contributed by atoms with Gasteiger partial charge in [-0.15, -0.1) is 0 Å². The zero-order chi connectivity index (χ0) is 48.1. The molecule has 1 heterocycles. The van der Waals surface area contributed by atoms with Gasteiger partial charge in [0.2, 0.25) is 0 Å². The van der Waals surface area contributed by atoms with E-state index in [1.807, 2.05) is 36.4 Å². The topological polar surface area (TPSA) is 38.7 Å². The molecule has 6 aromatic carbocycles. The summed E-state index contributed by atoms with van der Waals surface area (Å²) < 4.78 is 0. The first kappa shape index (κ1) is 46.6. The Morgan fingerprint density at radius 1 is 0.514 bits per heavy atom. The van der Waals surface area contributed by atoms with Crippen molar-refractivity contribution in [2.75, 3.05) is 0 Å². The minimum absolute atomic E-state index is 0.633. The predicted molar refractivity (Wildman–Crippen MR) is 299 cm³/mol. The monoisotopic (exact) mass is 903 g/mol. The van der Waals surface area contributed by atoms with Gasteiger partial charge in [-0.1, -0.05) is 237 Å². The smallest absolute Gasteiger partial charge is 0.164 e. The molecule has 0 saturated heterocycles. The third-order valence-corrected chi connectivity index (χ3v) is 12.7. The zero-order valence-corrected chi connectivity index (χ0v) is 40.3. The fourth-order valence-electron chi connectivity index (χ4n) is 9.21. The minimum Gasteiger partial charge on any atom is -0.208 e. The predicted octanol–water partition coefficient (Wildman–Crippen LogP) is 17.5. The van der Waals surface area contributed by atoms with Crippen molar-refractivity contribution in [3.63, 3.8) is 0 Å². The summed E-state index contributed by atoms with van der Waals surface area (Å²) in [7, 11) is 0. The first-order valence-electron chi connectivity index (χ1n) is 24.2. The fourth-order valence-corrected chi connectivity index (χ4v) is 9.21. The molecule has 0 atom stereocenters. The van der Waals surface area contributed by atoms with Gasteiger partial charge in [-0.2, -0.15) is 0 Å². The summed E-state index contributed by atoms with van der Waals surface area (Å²) in [5.74, 6) is 1.97. The van der Waals surface area contributed by atoms with Gasteiger partial charge in [0.05, 0.1) is 0 Å². The van der Waals surface area contributed by atoms with E-state index in [0.717, 1.165) is 80.5 Å². The Hall–Kier alpha value is -8.53. The molecule has 0 N–H and O–H groups in total. The Kier molecular flexibility index (Phi) is 15.0. The van der Waals surface area contributed by atoms with E-state index in [9.17, 15) is 0 Å². The summed E-state index contributed by atoms with van der Waals surface area (Å²) in [5, 5.41) is 0. The molecule has 1 aromatic heterocycles. The van der Waals surface area contributed by atoms with Gasteiger partial charge in [-0.25, -0.2) is 15.0 Å². The average molecular weight is 904 g/mol. The Balaban J connectivity index is 1.17. The van der Waals surface area contributed by atoms with Crippen LogP contribution in [0, 0.1) is 0 Å². The highest BCUT2D eigenvalue weighted by atomic mass is 15.0. The number of hydrogen-bond acceptors (Lipinski definition) is 3. The standard InChI is InChI=1S/C67H57N3/c1-5-28-58(59-43-27-44-60(47-59)67-69-65(54-37-22-12-23-38-54)68-66(70-67)55-39-24-13-25-40-55)45-48(3)56-41-26-42-57(46-56)49(4)62(51-31-16-9-17-32-51)64(53-35-20-11-21-36-53)63(52-33-18-10-19-34-52)61(6-2)50-29-14-7-8-15-30-50/h5-7,9-12,14-24,26-47H,1,8,13,25H2,2-4H3/b48-45+,58-28+,61-6-,62-49+,64-63-. The van der Waals surface area contributed by atoms with Crippen molar-refractivity contribution >= 4 is 39.0 Å². The van der Waals surface area contributed by atoms with Crippen molar-refractivity contribution in [3.8, 4) is 22.8 Å². The lowest BCUT2D eigenvalue weighted by Crippen LogP contribution is -2.03. The second-order valence-corrected chi connectivity index (χ2v) is 17.4. The maximum absolute atomic E-state index is 5.06. The molecule has 3 nitrogen and oxygen atoms in total. The first-order chi connectivity index (χ1) is 34.5. The number of allylic oxidation sites excluding steroid dienone is 21. The normalized spacial score (nSPS) is 14.8. The lowest BCUT2D eigenvalue weighted by molar-refractivity contribution is 1.01. The van der Waals surface area contributed by atoms with Crippen molar-refractivity contribution in [2.24, 2.45) is 0 Å². The van der Waals surface area contributed by atoms with Crippen LogP contribution in [0.2, 0.25) is 0 Å². The quantitative estimate of drug-likeness (QED) is 0.0806. The molecule has 70 heavy (non-hydrogen) atoms. The highest BCUT2D eigenvalue weighted by Crippen LogP contribution is 2.46. The van der Waals surface area contributed by atoms with Crippen LogP contribution in [0.4, 0.5) is 0 Å². The van der Waals surface area contributed by atoms with Crippen LogP contribution in [0.3, 0.4) is 0 Å². The fraction of sp³-hybridized carbons (Fsp3) is 0.0896. The van der Waals surface area contributed by atoms with Crippen LogP contribution in [0.5, 0.6) is 0 Å². The minimum atomic E-state index is 0.633.